The van der Waals surface area contributed by atoms with Crippen LogP contribution in [0.1, 0.15) is 25.7 Å². The maximum absolute atomic E-state index is 13.2. The molecule has 0 saturated carbocycles. The molecule has 0 radical (unpaired) electrons. The Bertz CT molecular complexity index is 1220. The van der Waals surface area contributed by atoms with Gasteiger partial charge in [0.25, 0.3) is 0 Å². The number of halogens is 1. The fourth-order valence-corrected chi connectivity index (χ4v) is 6.20. The number of thiazole rings is 1. The summed E-state index contributed by atoms with van der Waals surface area (Å²) < 4.78 is 43.3. The highest BCUT2D eigenvalue weighted by Crippen LogP contribution is 2.32. The van der Waals surface area contributed by atoms with Crippen LogP contribution in [0.3, 0.4) is 0 Å². The Kier molecular flexibility index (Phi) is 7.68. The summed E-state index contributed by atoms with van der Waals surface area (Å²) in [5.74, 6) is 0.439. The molecule has 3 aromatic rings. The first kappa shape index (κ1) is 24.1. The van der Waals surface area contributed by atoms with E-state index in [0.717, 1.165) is 28.2 Å². The Morgan fingerprint density at radius 2 is 2.06 bits per heavy atom. The summed E-state index contributed by atoms with van der Waals surface area (Å²) in [7, 11) is -3.33. The van der Waals surface area contributed by atoms with E-state index in [9.17, 15) is 17.6 Å². The zero-order valence-corrected chi connectivity index (χ0v) is 20.6. The van der Waals surface area contributed by atoms with E-state index in [-0.39, 0.29) is 22.7 Å². The maximum Gasteiger partial charge on any atom is 0.228 e. The van der Waals surface area contributed by atoms with Gasteiger partial charge in [0.2, 0.25) is 5.91 Å². The molecule has 0 bridgehead atoms. The minimum absolute atomic E-state index is 0.0267. The number of carbonyl (C=O) groups is 1. The lowest BCUT2D eigenvalue weighted by molar-refractivity contribution is -0.119. The van der Waals surface area contributed by atoms with Gasteiger partial charge in [0.1, 0.15) is 5.82 Å². The van der Waals surface area contributed by atoms with E-state index < -0.39 is 9.84 Å². The van der Waals surface area contributed by atoms with Crippen LogP contribution < -0.4 is 4.90 Å². The van der Waals surface area contributed by atoms with Crippen molar-refractivity contribution in [2.24, 2.45) is 0 Å². The van der Waals surface area contributed by atoms with Crippen molar-refractivity contribution >= 4 is 54.2 Å². The Morgan fingerprint density at radius 1 is 1.27 bits per heavy atom. The molecule has 10 heteroatoms. The molecule has 1 unspecified atom stereocenters. The molecule has 2 heterocycles. The SMILES string of the molecule is CS(=O)(=O)c1ccc2nc(N(CC3CCCO3)C(=O)CCCSc3ccc(F)cc3)sc2c1. The number of benzene rings is 2. The molecular weight excluding hydrogens is 483 g/mol. The van der Waals surface area contributed by atoms with Gasteiger partial charge in [-0.2, -0.15) is 0 Å². The number of aromatic nitrogens is 1. The number of ether oxygens (including phenoxy) is 1. The number of amides is 1. The number of rotatable bonds is 9. The third kappa shape index (κ3) is 6.32. The van der Waals surface area contributed by atoms with E-state index in [4.69, 9.17) is 4.74 Å². The number of fused-ring (bicyclic) bond motifs is 1. The predicted octanol–water partition coefficient (Wildman–Crippen LogP) is 4.92. The van der Waals surface area contributed by atoms with E-state index in [1.165, 1.54) is 29.7 Å². The average molecular weight is 509 g/mol. The third-order valence-corrected chi connectivity index (χ3v) is 8.59. The van der Waals surface area contributed by atoms with E-state index in [2.05, 4.69) is 4.98 Å². The summed E-state index contributed by atoms with van der Waals surface area (Å²) in [5, 5.41) is 0.558. The molecule has 0 N–H and O–H groups in total. The number of carbonyl (C=O) groups excluding carboxylic acids is 1. The van der Waals surface area contributed by atoms with Crippen molar-refractivity contribution in [2.45, 2.75) is 41.6 Å². The van der Waals surface area contributed by atoms with Crippen LogP contribution in [0.15, 0.2) is 52.3 Å². The zero-order valence-electron chi connectivity index (χ0n) is 18.2. The zero-order chi connectivity index (χ0) is 23.4. The monoisotopic (exact) mass is 508 g/mol. The van der Waals surface area contributed by atoms with Gasteiger partial charge in [-0.05, 0) is 67.5 Å². The molecule has 1 atom stereocenters. The minimum Gasteiger partial charge on any atom is -0.376 e. The smallest absolute Gasteiger partial charge is 0.228 e. The summed E-state index contributed by atoms with van der Waals surface area (Å²) >= 11 is 2.91. The first-order chi connectivity index (χ1) is 15.8. The Hall–Kier alpha value is -2.01. The van der Waals surface area contributed by atoms with Crippen molar-refractivity contribution in [1.29, 1.82) is 0 Å². The van der Waals surface area contributed by atoms with E-state index in [1.54, 1.807) is 47.0 Å². The molecule has 1 saturated heterocycles. The van der Waals surface area contributed by atoms with Crippen molar-refractivity contribution in [3.63, 3.8) is 0 Å². The molecule has 176 valence electrons. The molecule has 2 aromatic carbocycles. The lowest BCUT2D eigenvalue weighted by Crippen LogP contribution is -2.37. The normalized spacial score (nSPS) is 16.4. The van der Waals surface area contributed by atoms with Crippen molar-refractivity contribution < 1.29 is 22.3 Å². The van der Waals surface area contributed by atoms with E-state index in [1.807, 2.05) is 0 Å². The lowest BCUT2D eigenvalue weighted by Gasteiger charge is -2.23. The van der Waals surface area contributed by atoms with Gasteiger partial charge in [-0.1, -0.05) is 11.3 Å². The van der Waals surface area contributed by atoms with E-state index in [0.29, 0.717) is 36.6 Å². The highest BCUT2D eigenvalue weighted by molar-refractivity contribution is 7.99. The summed E-state index contributed by atoms with van der Waals surface area (Å²) in [6.45, 7) is 1.13. The number of anilines is 1. The Morgan fingerprint density at radius 3 is 2.76 bits per heavy atom. The summed E-state index contributed by atoms with van der Waals surface area (Å²) in [5.41, 5.74) is 0.666. The Labute approximate surface area is 201 Å². The lowest BCUT2D eigenvalue weighted by atomic mass is 10.2. The second-order valence-corrected chi connectivity index (χ2v) is 12.1. The number of sulfone groups is 1. The van der Waals surface area contributed by atoms with Crippen LogP contribution in [0.25, 0.3) is 10.2 Å². The summed E-state index contributed by atoms with van der Waals surface area (Å²) in [4.78, 5) is 20.7. The van der Waals surface area contributed by atoms with Gasteiger partial charge in [-0.25, -0.2) is 17.8 Å². The second kappa shape index (κ2) is 10.5. The molecule has 6 nitrogen and oxygen atoms in total. The number of thioether (sulfide) groups is 1. The Balaban J connectivity index is 1.47. The minimum atomic E-state index is -3.33. The third-order valence-electron chi connectivity index (χ3n) is 5.34. The van der Waals surface area contributed by atoms with Crippen molar-refractivity contribution in [3.8, 4) is 0 Å². The van der Waals surface area contributed by atoms with E-state index >= 15 is 0 Å². The topological polar surface area (TPSA) is 76.6 Å². The first-order valence-corrected chi connectivity index (χ1v) is 14.4. The molecule has 1 aliphatic heterocycles. The standard InChI is InChI=1S/C23H25FN2O4S3/c1-33(28,29)19-10-11-20-21(14-19)32-23(25-20)26(15-17-4-2-12-30-17)22(27)5-3-13-31-18-8-6-16(24)7-9-18/h6-11,14,17H,2-5,12-13,15H2,1H3. The number of nitrogens with zero attached hydrogens (tertiary/aromatic N) is 2. The first-order valence-electron chi connectivity index (χ1n) is 10.7. The molecule has 33 heavy (non-hydrogen) atoms. The van der Waals surface area contributed by atoms with Crippen molar-refractivity contribution in [3.05, 3.63) is 48.3 Å². The molecular formula is C23H25FN2O4S3. The van der Waals surface area contributed by atoms with Crippen LogP contribution in [-0.4, -0.2) is 50.6 Å². The fourth-order valence-electron chi connectivity index (χ4n) is 3.60. The van der Waals surface area contributed by atoms with Crippen LogP contribution in [-0.2, 0) is 19.4 Å². The van der Waals surface area contributed by atoms with Gasteiger partial charge in [0.05, 0.1) is 27.8 Å². The molecule has 0 spiro atoms. The quantitative estimate of drug-likeness (QED) is 0.302. The predicted molar refractivity (Wildman–Crippen MR) is 130 cm³/mol. The van der Waals surface area contributed by atoms with Gasteiger partial charge in [-0.15, -0.1) is 11.8 Å². The van der Waals surface area contributed by atoms with Crippen molar-refractivity contribution in [2.75, 3.05) is 30.1 Å². The number of hydrogen-bond acceptors (Lipinski definition) is 7. The maximum atomic E-state index is 13.2. The molecule has 4 rings (SSSR count). The van der Waals surface area contributed by atoms with Gasteiger partial charge in [0, 0.05) is 24.2 Å². The number of hydrogen-bond donors (Lipinski definition) is 0. The molecule has 1 aliphatic rings. The van der Waals surface area contributed by atoms with Gasteiger partial charge in [-0.3, -0.25) is 9.69 Å². The second-order valence-electron chi connectivity index (χ2n) is 7.94. The van der Waals surface area contributed by atoms with Crippen LogP contribution in [0, 0.1) is 5.82 Å². The van der Waals surface area contributed by atoms with Gasteiger partial charge >= 0.3 is 0 Å². The molecule has 1 fully saturated rings. The summed E-state index contributed by atoms with van der Waals surface area (Å²) in [6, 6.07) is 11.2. The fraction of sp³-hybridized carbons (Fsp3) is 0.391. The van der Waals surface area contributed by atoms with Crippen LogP contribution in [0.5, 0.6) is 0 Å². The van der Waals surface area contributed by atoms with Crippen LogP contribution in [0.4, 0.5) is 9.52 Å². The largest absolute Gasteiger partial charge is 0.376 e. The molecule has 1 amide bonds. The average Bonchev–Trinajstić information content (AvgIpc) is 3.44. The highest BCUT2D eigenvalue weighted by Gasteiger charge is 2.26. The van der Waals surface area contributed by atoms with Gasteiger partial charge in [0.15, 0.2) is 15.0 Å². The van der Waals surface area contributed by atoms with Gasteiger partial charge < -0.3 is 4.74 Å². The van der Waals surface area contributed by atoms with Crippen molar-refractivity contribution in [1.82, 2.24) is 4.98 Å². The van der Waals surface area contributed by atoms with Crippen LogP contribution >= 0.6 is 23.1 Å². The van der Waals surface area contributed by atoms with Crippen LogP contribution in [0.2, 0.25) is 0 Å². The molecule has 0 aliphatic carbocycles. The molecule has 1 aromatic heterocycles. The summed E-state index contributed by atoms with van der Waals surface area (Å²) in [6.07, 6.45) is 4.04. The highest BCUT2D eigenvalue weighted by atomic mass is 32.2.